The standard InChI is InChI=1S/C24H40N6O/c1-25-24(30-12-9-22(19-30)28-15-17-31-18-16-28)26-10-6-11-29-14-13-27(2)20-23(29)21-7-4-3-5-8-21/h3-5,7-8,22-23H,6,9-20H2,1-2H3,(H,25,26). The zero-order valence-corrected chi connectivity index (χ0v) is 19.4. The van der Waals surface area contributed by atoms with E-state index in [1.807, 2.05) is 7.05 Å². The number of rotatable bonds is 6. The van der Waals surface area contributed by atoms with Crippen LogP contribution in [0.5, 0.6) is 0 Å². The number of morpholine rings is 1. The van der Waals surface area contributed by atoms with Crippen molar-refractivity contribution in [2.75, 3.05) is 86.2 Å². The van der Waals surface area contributed by atoms with Gasteiger partial charge in [-0.2, -0.15) is 0 Å². The second-order valence-corrected chi connectivity index (χ2v) is 9.09. The molecule has 0 spiro atoms. The van der Waals surface area contributed by atoms with Gasteiger partial charge in [0.2, 0.25) is 0 Å². The lowest BCUT2D eigenvalue weighted by Gasteiger charge is -2.40. The first-order chi connectivity index (χ1) is 15.2. The first-order valence-corrected chi connectivity index (χ1v) is 12.0. The Morgan fingerprint density at radius 3 is 2.65 bits per heavy atom. The van der Waals surface area contributed by atoms with Crippen LogP contribution in [0.4, 0.5) is 0 Å². The highest BCUT2D eigenvalue weighted by atomic mass is 16.5. The average molecular weight is 429 g/mol. The van der Waals surface area contributed by atoms with Crippen LogP contribution in [0.2, 0.25) is 0 Å². The van der Waals surface area contributed by atoms with Crippen molar-refractivity contribution in [3.8, 4) is 0 Å². The summed E-state index contributed by atoms with van der Waals surface area (Å²) in [6, 6.07) is 12.1. The molecule has 31 heavy (non-hydrogen) atoms. The zero-order valence-electron chi connectivity index (χ0n) is 19.4. The molecule has 3 saturated heterocycles. The molecule has 0 amide bonds. The third-order valence-electron chi connectivity index (χ3n) is 7.02. The lowest BCUT2D eigenvalue weighted by Crippen LogP contribution is -2.48. The summed E-state index contributed by atoms with van der Waals surface area (Å²) in [6.07, 6.45) is 2.35. The van der Waals surface area contributed by atoms with E-state index in [4.69, 9.17) is 4.74 Å². The maximum absolute atomic E-state index is 5.51. The van der Waals surface area contributed by atoms with Crippen molar-refractivity contribution in [3.05, 3.63) is 35.9 Å². The summed E-state index contributed by atoms with van der Waals surface area (Å²) in [5.74, 6) is 1.06. The molecule has 0 aliphatic carbocycles. The Labute approximate surface area is 188 Å². The predicted molar refractivity (Wildman–Crippen MR) is 127 cm³/mol. The van der Waals surface area contributed by atoms with Gasteiger partial charge in [0, 0.05) is 78.0 Å². The predicted octanol–water partition coefficient (Wildman–Crippen LogP) is 1.35. The molecule has 2 unspecified atom stereocenters. The molecule has 0 aromatic heterocycles. The van der Waals surface area contributed by atoms with Gasteiger partial charge in [0.1, 0.15) is 0 Å². The minimum Gasteiger partial charge on any atom is -0.379 e. The maximum atomic E-state index is 5.51. The number of nitrogens with one attached hydrogen (secondary N) is 1. The molecule has 3 heterocycles. The van der Waals surface area contributed by atoms with Crippen molar-refractivity contribution in [2.45, 2.75) is 24.9 Å². The Balaban J connectivity index is 1.23. The van der Waals surface area contributed by atoms with Crippen molar-refractivity contribution in [1.82, 2.24) is 24.9 Å². The molecule has 3 fully saturated rings. The third-order valence-corrected chi connectivity index (χ3v) is 7.02. The lowest BCUT2D eigenvalue weighted by atomic mass is 10.0. The number of aliphatic imine (C=N–C) groups is 1. The van der Waals surface area contributed by atoms with E-state index in [0.717, 1.165) is 84.5 Å². The van der Waals surface area contributed by atoms with Gasteiger partial charge in [-0.15, -0.1) is 0 Å². The van der Waals surface area contributed by atoms with E-state index < -0.39 is 0 Å². The van der Waals surface area contributed by atoms with E-state index in [0.29, 0.717) is 12.1 Å². The molecule has 1 aromatic carbocycles. The van der Waals surface area contributed by atoms with Gasteiger partial charge in [-0.05, 0) is 25.5 Å². The van der Waals surface area contributed by atoms with Gasteiger partial charge in [-0.3, -0.25) is 14.8 Å². The summed E-state index contributed by atoms with van der Waals surface area (Å²) in [7, 11) is 4.15. The number of nitrogens with zero attached hydrogens (tertiary/aromatic N) is 5. The Kier molecular flexibility index (Phi) is 8.19. The van der Waals surface area contributed by atoms with Crippen LogP contribution in [-0.2, 0) is 4.74 Å². The Hall–Kier alpha value is -1.67. The van der Waals surface area contributed by atoms with Crippen LogP contribution < -0.4 is 5.32 Å². The number of likely N-dealkylation sites (tertiary alicyclic amines) is 1. The molecule has 3 aliphatic heterocycles. The van der Waals surface area contributed by atoms with Crippen molar-refractivity contribution in [3.63, 3.8) is 0 Å². The summed E-state index contributed by atoms with van der Waals surface area (Å²) < 4.78 is 5.51. The number of benzene rings is 1. The van der Waals surface area contributed by atoms with E-state index in [1.165, 1.54) is 12.0 Å². The van der Waals surface area contributed by atoms with Gasteiger partial charge in [-0.25, -0.2) is 0 Å². The minimum absolute atomic E-state index is 0.493. The van der Waals surface area contributed by atoms with Crippen molar-refractivity contribution in [2.24, 2.45) is 4.99 Å². The number of hydrogen-bond acceptors (Lipinski definition) is 5. The number of ether oxygens (including phenoxy) is 1. The Bertz CT molecular complexity index is 693. The second-order valence-electron chi connectivity index (χ2n) is 9.09. The van der Waals surface area contributed by atoms with Gasteiger partial charge >= 0.3 is 0 Å². The van der Waals surface area contributed by atoms with Crippen LogP contribution in [-0.4, -0.2) is 118 Å². The van der Waals surface area contributed by atoms with Crippen molar-refractivity contribution < 1.29 is 4.74 Å². The fraction of sp³-hybridized carbons (Fsp3) is 0.708. The van der Waals surface area contributed by atoms with E-state index in [-0.39, 0.29) is 0 Å². The number of likely N-dealkylation sites (N-methyl/N-ethyl adjacent to an activating group) is 1. The van der Waals surface area contributed by atoms with Gasteiger partial charge in [0.05, 0.1) is 13.2 Å². The lowest BCUT2D eigenvalue weighted by molar-refractivity contribution is 0.0195. The van der Waals surface area contributed by atoms with Gasteiger partial charge in [-0.1, -0.05) is 30.3 Å². The summed E-state index contributed by atoms with van der Waals surface area (Å²) >= 11 is 0. The van der Waals surface area contributed by atoms with E-state index in [9.17, 15) is 0 Å². The molecule has 0 radical (unpaired) electrons. The van der Waals surface area contributed by atoms with Crippen molar-refractivity contribution in [1.29, 1.82) is 0 Å². The number of piperazine rings is 1. The Morgan fingerprint density at radius 1 is 1.06 bits per heavy atom. The molecule has 3 aliphatic rings. The molecule has 7 nitrogen and oxygen atoms in total. The van der Waals surface area contributed by atoms with Gasteiger partial charge in [0.15, 0.2) is 5.96 Å². The van der Waals surface area contributed by atoms with Crippen LogP contribution in [0, 0.1) is 0 Å². The minimum atomic E-state index is 0.493. The van der Waals surface area contributed by atoms with E-state index in [2.05, 4.69) is 67.3 Å². The topological polar surface area (TPSA) is 46.6 Å². The third kappa shape index (κ3) is 5.98. The molecule has 0 saturated carbocycles. The fourth-order valence-electron chi connectivity index (χ4n) is 5.21. The van der Waals surface area contributed by atoms with Gasteiger partial charge in [0.25, 0.3) is 0 Å². The monoisotopic (exact) mass is 428 g/mol. The summed E-state index contributed by atoms with van der Waals surface area (Å²) in [5, 5.41) is 3.63. The quantitative estimate of drug-likeness (QED) is 0.419. The van der Waals surface area contributed by atoms with Crippen LogP contribution >= 0.6 is 0 Å². The SMILES string of the molecule is CN=C(NCCCN1CCN(C)CC1c1ccccc1)N1CCC(N2CCOCC2)C1. The molecule has 172 valence electrons. The van der Waals surface area contributed by atoms with Gasteiger partial charge < -0.3 is 19.9 Å². The van der Waals surface area contributed by atoms with Crippen LogP contribution in [0.15, 0.2) is 35.3 Å². The van der Waals surface area contributed by atoms with Crippen LogP contribution in [0.3, 0.4) is 0 Å². The molecular formula is C24H40N6O. The highest BCUT2D eigenvalue weighted by Gasteiger charge is 2.30. The molecule has 4 rings (SSSR count). The highest BCUT2D eigenvalue weighted by molar-refractivity contribution is 5.80. The molecular weight excluding hydrogens is 388 g/mol. The molecule has 0 bridgehead atoms. The first kappa shape index (κ1) is 22.5. The molecule has 1 N–H and O–H groups in total. The Morgan fingerprint density at radius 2 is 1.87 bits per heavy atom. The second kappa shape index (κ2) is 11.3. The highest BCUT2D eigenvalue weighted by Crippen LogP contribution is 2.24. The smallest absolute Gasteiger partial charge is 0.193 e. The van der Waals surface area contributed by atoms with Crippen LogP contribution in [0.1, 0.15) is 24.4 Å². The van der Waals surface area contributed by atoms with E-state index >= 15 is 0 Å². The average Bonchev–Trinajstić information content (AvgIpc) is 3.31. The molecule has 7 heteroatoms. The summed E-state index contributed by atoms with van der Waals surface area (Å²) in [6.45, 7) is 11.5. The molecule has 1 aromatic rings. The fourth-order valence-corrected chi connectivity index (χ4v) is 5.21. The van der Waals surface area contributed by atoms with Crippen LogP contribution in [0.25, 0.3) is 0 Å². The molecule has 2 atom stereocenters. The number of hydrogen-bond donors (Lipinski definition) is 1. The summed E-state index contributed by atoms with van der Waals surface area (Å²) in [4.78, 5) is 14.7. The maximum Gasteiger partial charge on any atom is 0.193 e. The zero-order chi connectivity index (χ0) is 21.5. The normalized spacial score (nSPS) is 27.0. The van der Waals surface area contributed by atoms with E-state index in [1.54, 1.807) is 0 Å². The van der Waals surface area contributed by atoms with Crippen molar-refractivity contribution >= 4 is 5.96 Å². The largest absolute Gasteiger partial charge is 0.379 e. The first-order valence-electron chi connectivity index (χ1n) is 12.0. The summed E-state index contributed by atoms with van der Waals surface area (Å²) in [5.41, 5.74) is 1.43. The number of guanidine groups is 1.